The Morgan fingerprint density at radius 3 is 2.46 bits per heavy atom. The number of anilines is 2. The molecule has 1 aliphatic rings. The summed E-state index contributed by atoms with van der Waals surface area (Å²) in [7, 11) is 0. The maximum Gasteiger partial charge on any atom is 0.319 e. The second-order valence-corrected chi connectivity index (χ2v) is 7.55. The molecule has 0 aliphatic heterocycles. The van der Waals surface area contributed by atoms with Gasteiger partial charge in [0.05, 0.1) is 6.54 Å². The number of urea groups is 1. The largest absolute Gasteiger partial charge is 0.480 e. The third-order valence-electron chi connectivity index (χ3n) is 4.99. The Hall–Kier alpha value is -2.61. The number of hydrogen-bond acceptors (Lipinski definition) is 4. The molecular formula is C20H30N4O4. The third-order valence-corrected chi connectivity index (χ3v) is 4.99. The highest BCUT2D eigenvalue weighted by molar-refractivity contribution is 5.95. The van der Waals surface area contributed by atoms with Crippen LogP contribution in [-0.4, -0.2) is 53.1 Å². The van der Waals surface area contributed by atoms with Gasteiger partial charge in [0.15, 0.2) is 0 Å². The number of nitrogens with zero attached hydrogens (tertiary/aromatic N) is 1. The van der Waals surface area contributed by atoms with Crippen molar-refractivity contribution in [2.45, 2.75) is 52.6 Å². The minimum atomic E-state index is -0.837. The number of likely N-dealkylation sites (N-methyl/N-ethyl adjacent to an activating group) is 1. The zero-order chi connectivity index (χ0) is 20.8. The predicted octanol–water partition coefficient (Wildman–Crippen LogP) is 2.65. The minimum Gasteiger partial charge on any atom is -0.480 e. The quantitative estimate of drug-likeness (QED) is 0.545. The first-order valence-corrected chi connectivity index (χ1v) is 9.64. The topological polar surface area (TPSA) is 111 Å². The Kier molecular flexibility index (Phi) is 7.39. The van der Waals surface area contributed by atoms with Crippen LogP contribution in [0.2, 0.25) is 0 Å². The maximum absolute atomic E-state index is 12.3. The molecule has 0 heterocycles. The van der Waals surface area contributed by atoms with E-state index in [1.165, 1.54) is 0 Å². The summed E-state index contributed by atoms with van der Waals surface area (Å²) in [5.74, 6) is -1.05. The number of nitrogens with one attached hydrogen (secondary N) is 3. The lowest BCUT2D eigenvalue weighted by molar-refractivity contribution is -0.139. The fraction of sp³-hybridized carbons (Fsp3) is 0.550. The molecule has 1 fully saturated rings. The normalized spacial score (nSPS) is 18.5. The van der Waals surface area contributed by atoms with Gasteiger partial charge in [0.25, 0.3) is 0 Å². The summed E-state index contributed by atoms with van der Waals surface area (Å²) in [5, 5.41) is 17.5. The van der Waals surface area contributed by atoms with Gasteiger partial charge >= 0.3 is 12.0 Å². The number of aryl methyl sites for hydroxylation is 1. The van der Waals surface area contributed by atoms with E-state index in [4.69, 9.17) is 5.11 Å². The number of carboxylic acid groups (broad SMARTS) is 1. The van der Waals surface area contributed by atoms with Crippen LogP contribution in [0.25, 0.3) is 0 Å². The summed E-state index contributed by atoms with van der Waals surface area (Å²) in [5.41, 5.74) is 2.16. The fourth-order valence-electron chi connectivity index (χ4n) is 3.14. The van der Waals surface area contributed by atoms with E-state index in [0.29, 0.717) is 17.9 Å². The van der Waals surface area contributed by atoms with Crippen LogP contribution < -0.4 is 16.0 Å². The van der Waals surface area contributed by atoms with Gasteiger partial charge in [-0.15, -0.1) is 0 Å². The summed E-state index contributed by atoms with van der Waals surface area (Å²) >= 11 is 0. The first kappa shape index (κ1) is 21.7. The molecule has 3 amide bonds. The molecule has 1 aliphatic carbocycles. The third kappa shape index (κ3) is 5.95. The summed E-state index contributed by atoms with van der Waals surface area (Å²) < 4.78 is 0. The molecule has 0 unspecified atom stereocenters. The van der Waals surface area contributed by atoms with Gasteiger partial charge in [-0.3, -0.25) is 14.5 Å². The SMILES string of the molecule is CCN(CC(=O)O)C1CC(NC(=O)Nc2cc(NC(=O)C(C)C)ccc2C)C1. The monoisotopic (exact) mass is 390 g/mol. The first-order valence-electron chi connectivity index (χ1n) is 9.64. The zero-order valence-corrected chi connectivity index (χ0v) is 16.9. The van der Waals surface area contributed by atoms with Gasteiger partial charge in [-0.25, -0.2) is 4.79 Å². The van der Waals surface area contributed by atoms with Gasteiger partial charge in [-0.1, -0.05) is 26.8 Å². The van der Waals surface area contributed by atoms with Crippen molar-refractivity contribution in [3.05, 3.63) is 23.8 Å². The molecule has 0 saturated heterocycles. The van der Waals surface area contributed by atoms with Gasteiger partial charge < -0.3 is 21.1 Å². The van der Waals surface area contributed by atoms with E-state index in [9.17, 15) is 14.4 Å². The van der Waals surface area contributed by atoms with Crippen LogP contribution in [0.5, 0.6) is 0 Å². The summed E-state index contributed by atoms with van der Waals surface area (Å²) in [6.07, 6.45) is 1.47. The van der Waals surface area contributed by atoms with Crippen molar-refractivity contribution in [2.24, 2.45) is 5.92 Å². The highest BCUT2D eigenvalue weighted by atomic mass is 16.4. The van der Waals surface area contributed by atoms with Crippen molar-refractivity contribution < 1.29 is 19.5 Å². The lowest BCUT2D eigenvalue weighted by Crippen LogP contribution is -2.55. The smallest absolute Gasteiger partial charge is 0.319 e. The van der Waals surface area contributed by atoms with E-state index in [1.807, 2.05) is 38.7 Å². The highest BCUT2D eigenvalue weighted by Crippen LogP contribution is 2.26. The Morgan fingerprint density at radius 2 is 1.89 bits per heavy atom. The molecule has 2 rings (SSSR count). The summed E-state index contributed by atoms with van der Waals surface area (Å²) in [4.78, 5) is 37.0. The fourth-order valence-corrected chi connectivity index (χ4v) is 3.14. The van der Waals surface area contributed by atoms with E-state index in [0.717, 1.165) is 18.4 Å². The van der Waals surface area contributed by atoms with Crippen LogP contribution >= 0.6 is 0 Å². The number of carboxylic acids is 1. The molecule has 1 aromatic carbocycles. The number of aliphatic carboxylic acids is 1. The van der Waals surface area contributed by atoms with Crippen LogP contribution in [0.15, 0.2) is 18.2 Å². The van der Waals surface area contributed by atoms with Crippen molar-refractivity contribution in [3.63, 3.8) is 0 Å². The van der Waals surface area contributed by atoms with Crippen molar-refractivity contribution >= 4 is 29.3 Å². The van der Waals surface area contributed by atoms with Crippen LogP contribution in [0.4, 0.5) is 16.2 Å². The van der Waals surface area contributed by atoms with Gasteiger partial charge in [-0.05, 0) is 44.0 Å². The van der Waals surface area contributed by atoms with E-state index < -0.39 is 5.97 Å². The number of hydrogen-bond donors (Lipinski definition) is 4. The van der Waals surface area contributed by atoms with E-state index in [1.54, 1.807) is 12.1 Å². The maximum atomic E-state index is 12.3. The Balaban J connectivity index is 1.87. The molecule has 4 N–H and O–H groups in total. The highest BCUT2D eigenvalue weighted by Gasteiger charge is 2.34. The minimum absolute atomic E-state index is 0.0220. The molecule has 8 nitrogen and oxygen atoms in total. The molecule has 0 atom stereocenters. The van der Waals surface area contributed by atoms with Crippen molar-refractivity contribution in [3.8, 4) is 0 Å². The molecule has 1 aromatic rings. The van der Waals surface area contributed by atoms with Crippen molar-refractivity contribution in [2.75, 3.05) is 23.7 Å². The van der Waals surface area contributed by atoms with Gasteiger partial charge in [0.1, 0.15) is 0 Å². The molecule has 0 radical (unpaired) electrons. The molecular weight excluding hydrogens is 360 g/mol. The van der Waals surface area contributed by atoms with Gasteiger partial charge in [-0.2, -0.15) is 0 Å². The Labute approximate surface area is 165 Å². The number of carbonyl (C=O) groups is 3. The van der Waals surface area contributed by atoms with E-state index in [2.05, 4.69) is 16.0 Å². The summed E-state index contributed by atoms with van der Waals surface area (Å²) in [6.45, 7) is 8.15. The van der Waals surface area contributed by atoms with Crippen LogP contribution in [0, 0.1) is 12.8 Å². The Bertz CT molecular complexity index is 729. The number of rotatable bonds is 8. The average molecular weight is 390 g/mol. The standard InChI is InChI=1S/C20H30N4O4/c1-5-24(11-18(25)26)16-8-15(9-16)22-20(28)23-17-10-14(7-6-13(17)4)21-19(27)12(2)3/h6-7,10,12,15-16H,5,8-9,11H2,1-4H3,(H,21,27)(H,25,26)(H2,22,23,28). The predicted molar refractivity (Wildman–Crippen MR) is 108 cm³/mol. The van der Waals surface area contributed by atoms with E-state index in [-0.39, 0.29) is 36.5 Å². The van der Waals surface area contributed by atoms with Gasteiger partial charge in [0.2, 0.25) is 5.91 Å². The number of benzene rings is 1. The van der Waals surface area contributed by atoms with E-state index >= 15 is 0 Å². The molecule has 28 heavy (non-hydrogen) atoms. The lowest BCUT2D eigenvalue weighted by Gasteiger charge is -2.42. The molecule has 1 saturated carbocycles. The first-order chi connectivity index (χ1) is 13.2. The summed E-state index contributed by atoms with van der Waals surface area (Å²) in [6, 6.07) is 5.29. The second kappa shape index (κ2) is 9.54. The molecule has 0 aromatic heterocycles. The van der Waals surface area contributed by atoms with Crippen LogP contribution in [0.3, 0.4) is 0 Å². The lowest BCUT2D eigenvalue weighted by atomic mass is 9.85. The van der Waals surface area contributed by atoms with Crippen molar-refractivity contribution in [1.29, 1.82) is 0 Å². The molecule has 0 spiro atoms. The average Bonchev–Trinajstić information content (AvgIpc) is 2.58. The van der Waals surface area contributed by atoms with Gasteiger partial charge in [0, 0.05) is 29.4 Å². The molecule has 154 valence electrons. The van der Waals surface area contributed by atoms with Crippen LogP contribution in [0.1, 0.15) is 39.2 Å². The van der Waals surface area contributed by atoms with Crippen LogP contribution in [-0.2, 0) is 9.59 Å². The zero-order valence-electron chi connectivity index (χ0n) is 16.9. The number of carbonyl (C=O) groups excluding carboxylic acids is 2. The Morgan fingerprint density at radius 1 is 1.21 bits per heavy atom. The second-order valence-electron chi connectivity index (χ2n) is 7.55. The molecule has 0 bridgehead atoms. The van der Waals surface area contributed by atoms with Crippen molar-refractivity contribution in [1.82, 2.24) is 10.2 Å². The number of amides is 3. The molecule has 8 heteroatoms.